The number of hydrogen-bond acceptors (Lipinski definition) is 13. The largest absolute Gasteiger partial charge is 0.508 e. The molecule has 0 radical (unpaired) electrons. The standard InChI is InChI=1S/C46H81N13O10/c1-25(2)23-31(49)39(62)58-36(26(3)4)44(67)56-34(15-12-22-52-46(50)51)41(64)57-35(24-29-16-18-30(60)19-17-29)43(66)53-28(7)38(61)54-32(13-8-10-20-47)40(63)55-33(14-9-11-21-48)42(65)59-37(27(5)6)45(68)69/h16-19,25-28,31-37,60H,8-15,20-24,47-49H2,1-7H3,(H,53,66)(H,54,61)(H,55,63)(H,56,67)(H,57,64)(H,58,62)(H,59,65)(H,68,69)(H4,50,51,52)/t28-,31-,32-,33-,34-,35-,36-,37-/m0/s1. The topological polar surface area (TPSA) is 404 Å². The van der Waals surface area contributed by atoms with Crippen LogP contribution < -0.4 is 65.9 Å². The fraction of sp³-hybridized carbons (Fsp3) is 0.674. The van der Waals surface area contributed by atoms with Crippen LogP contribution >= 0.6 is 0 Å². The van der Waals surface area contributed by atoms with E-state index < -0.39 is 107 Å². The molecule has 19 N–H and O–H groups in total. The number of aliphatic carboxylic acids is 1. The van der Waals surface area contributed by atoms with Gasteiger partial charge in [-0.2, -0.15) is 0 Å². The number of nitrogens with two attached hydrogens (primary N) is 5. The van der Waals surface area contributed by atoms with E-state index in [1.54, 1.807) is 27.7 Å². The van der Waals surface area contributed by atoms with Crippen molar-refractivity contribution in [2.45, 2.75) is 161 Å². The molecule has 7 amide bonds. The van der Waals surface area contributed by atoms with E-state index in [4.69, 9.17) is 28.7 Å². The lowest BCUT2D eigenvalue weighted by Gasteiger charge is -2.28. The molecule has 0 heterocycles. The summed E-state index contributed by atoms with van der Waals surface area (Å²) in [5.74, 6) is -7.36. The average molecular weight is 976 g/mol. The lowest BCUT2D eigenvalue weighted by molar-refractivity contribution is -0.143. The highest BCUT2D eigenvalue weighted by Gasteiger charge is 2.34. The summed E-state index contributed by atoms with van der Waals surface area (Å²) in [4.78, 5) is 112. The van der Waals surface area contributed by atoms with Crippen LogP contribution in [0, 0.1) is 17.8 Å². The first-order valence-corrected chi connectivity index (χ1v) is 23.8. The Balaban J connectivity index is 3.48. The molecule has 0 aromatic heterocycles. The van der Waals surface area contributed by atoms with E-state index in [0.29, 0.717) is 50.8 Å². The van der Waals surface area contributed by atoms with E-state index in [1.807, 2.05) is 13.8 Å². The summed E-state index contributed by atoms with van der Waals surface area (Å²) in [6.45, 7) is 12.6. The van der Waals surface area contributed by atoms with E-state index in [2.05, 4.69) is 42.2 Å². The molecule has 0 aliphatic carbocycles. The second kappa shape index (κ2) is 31.9. The molecule has 1 rings (SSSR count). The predicted molar refractivity (Wildman–Crippen MR) is 261 cm³/mol. The molecule has 1 aromatic rings. The van der Waals surface area contributed by atoms with Gasteiger partial charge in [0.1, 0.15) is 48.0 Å². The highest BCUT2D eigenvalue weighted by molar-refractivity contribution is 5.97. The van der Waals surface area contributed by atoms with E-state index in [-0.39, 0.29) is 56.3 Å². The second-order valence-electron chi connectivity index (χ2n) is 18.4. The molecule has 0 saturated heterocycles. The smallest absolute Gasteiger partial charge is 0.326 e. The fourth-order valence-electron chi connectivity index (χ4n) is 7.03. The number of nitrogens with one attached hydrogen (secondary N) is 7. The van der Waals surface area contributed by atoms with Gasteiger partial charge in [-0.25, -0.2) is 4.79 Å². The van der Waals surface area contributed by atoms with Crippen LogP contribution in [0.25, 0.3) is 0 Å². The molecule has 0 aliphatic rings. The van der Waals surface area contributed by atoms with Gasteiger partial charge in [0.15, 0.2) is 5.96 Å². The van der Waals surface area contributed by atoms with Crippen molar-refractivity contribution >= 4 is 53.3 Å². The van der Waals surface area contributed by atoms with Crippen LogP contribution in [0.3, 0.4) is 0 Å². The van der Waals surface area contributed by atoms with Crippen molar-refractivity contribution in [3.05, 3.63) is 29.8 Å². The summed E-state index contributed by atoms with van der Waals surface area (Å²) >= 11 is 0. The van der Waals surface area contributed by atoms with E-state index in [9.17, 15) is 48.6 Å². The molecule has 23 heteroatoms. The van der Waals surface area contributed by atoms with E-state index in [0.717, 1.165) is 0 Å². The molecule has 0 aliphatic heterocycles. The van der Waals surface area contributed by atoms with Crippen molar-refractivity contribution in [3.8, 4) is 5.75 Å². The highest BCUT2D eigenvalue weighted by Crippen LogP contribution is 2.14. The fourth-order valence-corrected chi connectivity index (χ4v) is 7.03. The Morgan fingerprint density at radius 1 is 0.551 bits per heavy atom. The molecule has 69 heavy (non-hydrogen) atoms. The Hall–Kier alpha value is -6.07. The number of phenols is 1. The van der Waals surface area contributed by atoms with Gasteiger partial charge in [-0.3, -0.25) is 38.6 Å². The zero-order valence-corrected chi connectivity index (χ0v) is 41.3. The van der Waals surface area contributed by atoms with Crippen LogP contribution in [0.4, 0.5) is 0 Å². The number of nitrogens with zero attached hydrogens (tertiary/aromatic N) is 1. The maximum absolute atomic E-state index is 14.2. The normalized spacial score (nSPS) is 14.7. The number of aliphatic imine (C=N–C) groups is 1. The number of carboxylic acids is 1. The first-order chi connectivity index (χ1) is 32.4. The maximum Gasteiger partial charge on any atom is 0.326 e. The first-order valence-electron chi connectivity index (χ1n) is 23.8. The van der Waals surface area contributed by atoms with Gasteiger partial charge in [-0.1, -0.05) is 53.7 Å². The van der Waals surface area contributed by atoms with Crippen molar-refractivity contribution in [3.63, 3.8) is 0 Å². The zero-order valence-electron chi connectivity index (χ0n) is 41.3. The van der Waals surface area contributed by atoms with Gasteiger partial charge in [-0.15, -0.1) is 0 Å². The highest BCUT2D eigenvalue weighted by atomic mass is 16.4. The third kappa shape index (κ3) is 23.7. The number of benzene rings is 1. The number of phenolic OH excluding ortho intramolecular Hbond substituents is 1. The molecular weight excluding hydrogens is 895 g/mol. The molecule has 1 aromatic carbocycles. The van der Waals surface area contributed by atoms with E-state index >= 15 is 0 Å². The molecule has 8 atom stereocenters. The second-order valence-corrected chi connectivity index (χ2v) is 18.4. The van der Waals surface area contributed by atoms with Crippen molar-refractivity contribution < 1.29 is 48.6 Å². The number of carboxylic acid groups (broad SMARTS) is 1. The van der Waals surface area contributed by atoms with E-state index in [1.165, 1.54) is 31.2 Å². The van der Waals surface area contributed by atoms with Crippen molar-refractivity contribution in [1.29, 1.82) is 0 Å². The molecule has 23 nitrogen and oxygen atoms in total. The first kappa shape index (κ1) is 60.9. The van der Waals surface area contributed by atoms with Crippen molar-refractivity contribution in [2.75, 3.05) is 19.6 Å². The molecule has 0 unspecified atom stereocenters. The number of rotatable bonds is 33. The lowest BCUT2D eigenvalue weighted by atomic mass is 9.99. The summed E-state index contributed by atoms with van der Waals surface area (Å²) in [6.07, 6.45) is 2.50. The number of guanidine groups is 1. The Labute approximate surface area is 405 Å². The summed E-state index contributed by atoms with van der Waals surface area (Å²) in [5, 5.41) is 38.1. The minimum atomic E-state index is -1.37. The van der Waals surface area contributed by atoms with Crippen LogP contribution in [0.2, 0.25) is 0 Å². The molecule has 390 valence electrons. The molecule has 0 spiro atoms. The van der Waals surface area contributed by atoms with Gasteiger partial charge in [-0.05, 0) is 113 Å². The summed E-state index contributed by atoms with van der Waals surface area (Å²) < 4.78 is 0. The molecular formula is C46H81N13O10. The van der Waals surface area contributed by atoms with Crippen LogP contribution in [-0.2, 0) is 44.8 Å². The van der Waals surface area contributed by atoms with Gasteiger partial charge < -0.3 is 76.1 Å². The minimum absolute atomic E-state index is 0.00660. The number of carbonyl (C=O) groups is 8. The maximum atomic E-state index is 14.2. The van der Waals surface area contributed by atoms with Crippen LogP contribution in [-0.4, -0.2) is 131 Å². The predicted octanol–water partition coefficient (Wildman–Crippen LogP) is -1.57. The van der Waals surface area contributed by atoms with Gasteiger partial charge in [0.2, 0.25) is 41.4 Å². The SMILES string of the molecule is CC(C)C[C@H](N)C(=O)N[C@H](C(=O)N[C@@H](CCCN=C(N)N)C(=O)N[C@@H](Cc1ccc(O)cc1)C(=O)N[C@@H](C)C(=O)N[C@@H](CCCCN)C(=O)N[C@@H](CCCCN)C(=O)N[C@H](C(=O)O)C(C)C)C(C)C. The molecule has 0 saturated carbocycles. The Bertz CT molecular complexity index is 1840. The number of unbranched alkanes of at least 4 members (excludes halogenated alkanes) is 2. The number of aromatic hydroxyl groups is 1. The number of amides is 7. The summed E-state index contributed by atoms with van der Waals surface area (Å²) in [5.41, 5.74) is 29.0. The summed E-state index contributed by atoms with van der Waals surface area (Å²) in [6, 6.07) is -3.69. The van der Waals surface area contributed by atoms with Crippen LogP contribution in [0.15, 0.2) is 29.3 Å². The Morgan fingerprint density at radius 3 is 1.45 bits per heavy atom. The Kier molecular flexibility index (Phi) is 28.2. The molecule has 0 bridgehead atoms. The summed E-state index contributed by atoms with van der Waals surface area (Å²) in [7, 11) is 0. The third-order valence-corrected chi connectivity index (χ3v) is 11.0. The average Bonchev–Trinajstić information content (AvgIpc) is 3.26. The number of carbonyl (C=O) groups excluding carboxylic acids is 7. The lowest BCUT2D eigenvalue weighted by Crippen LogP contribution is -2.60. The monoisotopic (exact) mass is 976 g/mol. The Morgan fingerprint density at radius 2 is 0.986 bits per heavy atom. The van der Waals surface area contributed by atoms with Crippen molar-refractivity contribution in [2.24, 2.45) is 51.4 Å². The minimum Gasteiger partial charge on any atom is -0.508 e. The van der Waals surface area contributed by atoms with Gasteiger partial charge >= 0.3 is 5.97 Å². The van der Waals surface area contributed by atoms with Gasteiger partial charge in [0, 0.05) is 13.0 Å². The third-order valence-electron chi connectivity index (χ3n) is 11.0. The van der Waals surface area contributed by atoms with Gasteiger partial charge in [0.25, 0.3) is 0 Å². The zero-order chi connectivity index (χ0) is 52.4. The number of hydrogen-bond donors (Lipinski definition) is 14. The quantitative estimate of drug-likeness (QED) is 0.0215. The van der Waals surface area contributed by atoms with Crippen LogP contribution in [0.5, 0.6) is 5.75 Å². The van der Waals surface area contributed by atoms with Crippen LogP contribution in [0.1, 0.15) is 112 Å². The van der Waals surface area contributed by atoms with Gasteiger partial charge in [0.05, 0.1) is 6.04 Å². The van der Waals surface area contributed by atoms with Crippen molar-refractivity contribution in [1.82, 2.24) is 37.2 Å². The molecule has 0 fully saturated rings.